The molecular weight excluding hydrogens is 434 g/mol. The number of carbonyl (C=O) groups is 1. The molecule has 0 spiro atoms. The maximum Gasteiger partial charge on any atom is 0.230 e. The molecule has 0 saturated heterocycles. The van der Waals surface area contributed by atoms with Crippen LogP contribution >= 0.6 is 34.4 Å². The minimum absolute atomic E-state index is 0.0540. The number of aryl methyl sites for hydroxylation is 1. The Morgan fingerprint density at radius 1 is 1.17 bits per heavy atom. The summed E-state index contributed by atoms with van der Waals surface area (Å²) in [5.41, 5.74) is 2.99. The van der Waals surface area contributed by atoms with E-state index in [0.29, 0.717) is 10.9 Å². The van der Waals surface area contributed by atoms with Crippen LogP contribution in [0.1, 0.15) is 25.1 Å². The van der Waals surface area contributed by atoms with E-state index >= 15 is 0 Å². The molecule has 0 saturated carbocycles. The van der Waals surface area contributed by atoms with E-state index in [1.807, 2.05) is 46.6 Å². The zero-order valence-electron chi connectivity index (χ0n) is 16.9. The molecular formula is C21H21N5OS3. The highest BCUT2D eigenvalue weighted by atomic mass is 32.2. The van der Waals surface area contributed by atoms with Crippen LogP contribution in [0.5, 0.6) is 0 Å². The predicted octanol–water partition coefficient (Wildman–Crippen LogP) is 5.54. The van der Waals surface area contributed by atoms with Crippen LogP contribution in [-0.2, 0) is 24.0 Å². The lowest BCUT2D eigenvalue weighted by atomic mass is 10.1. The lowest BCUT2D eigenvalue weighted by molar-refractivity contribution is -0.115. The molecule has 0 fully saturated rings. The third-order valence-electron chi connectivity index (χ3n) is 4.57. The van der Waals surface area contributed by atoms with Gasteiger partial charge in [0, 0.05) is 25.1 Å². The first-order valence-corrected chi connectivity index (χ1v) is 12.2. The fraction of sp³-hybridized carbons (Fsp3) is 0.238. The third kappa shape index (κ3) is 4.33. The molecule has 0 aliphatic carbocycles. The molecule has 0 aliphatic heterocycles. The van der Waals surface area contributed by atoms with E-state index in [0.717, 1.165) is 33.7 Å². The predicted molar refractivity (Wildman–Crippen MR) is 125 cm³/mol. The summed E-state index contributed by atoms with van der Waals surface area (Å²) in [5, 5.41) is 14.2. The lowest BCUT2D eigenvalue weighted by Crippen LogP contribution is -2.22. The maximum atomic E-state index is 12.3. The summed E-state index contributed by atoms with van der Waals surface area (Å²) in [6.45, 7) is 3.68. The summed E-state index contributed by atoms with van der Waals surface area (Å²) in [5.74, 6) is 1.47. The van der Waals surface area contributed by atoms with Gasteiger partial charge in [-0.1, -0.05) is 36.9 Å². The van der Waals surface area contributed by atoms with Gasteiger partial charge >= 0.3 is 0 Å². The number of hydrogen-bond acceptors (Lipinski definition) is 7. The normalized spacial score (nSPS) is 11.0. The summed E-state index contributed by atoms with van der Waals surface area (Å²) < 4.78 is 2.00. The Labute approximate surface area is 187 Å². The number of benzene rings is 1. The topological polar surface area (TPSA) is 63.9 Å². The molecule has 0 atom stereocenters. The monoisotopic (exact) mass is 455 g/mol. The van der Waals surface area contributed by atoms with Gasteiger partial charge in [-0.3, -0.25) is 9.69 Å². The molecule has 6 nitrogen and oxygen atoms in total. The average Bonchev–Trinajstić information content (AvgIpc) is 3.49. The van der Waals surface area contributed by atoms with Crippen molar-refractivity contribution in [2.45, 2.75) is 31.2 Å². The third-order valence-corrected chi connectivity index (χ3v) is 7.37. The SMILES string of the molecule is CCc1ccc(N(C(C)=O)c2nc(CSc3nnc(-c4cccs4)n3C)cs2)cc1. The number of amides is 1. The molecule has 3 aromatic heterocycles. The Kier molecular flexibility index (Phi) is 6.31. The number of anilines is 2. The molecule has 4 aromatic rings. The number of hydrogen-bond donors (Lipinski definition) is 0. The van der Waals surface area contributed by atoms with E-state index in [1.165, 1.54) is 16.9 Å². The highest BCUT2D eigenvalue weighted by molar-refractivity contribution is 7.98. The number of thiophene rings is 1. The minimum Gasteiger partial charge on any atom is -0.304 e. The molecule has 1 aromatic carbocycles. The molecule has 0 radical (unpaired) electrons. The minimum atomic E-state index is -0.0540. The average molecular weight is 456 g/mol. The van der Waals surface area contributed by atoms with Crippen LogP contribution in [0.15, 0.2) is 52.3 Å². The molecule has 0 unspecified atom stereocenters. The first kappa shape index (κ1) is 20.8. The van der Waals surface area contributed by atoms with Crippen molar-refractivity contribution in [3.63, 3.8) is 0 Å². The van der Waals surface area contributed by atoms with Crippen LogP contribution < -0.4 is 4.90 Å². The Hall–Kier alpha value is -2.49. The lowest BCUT2D eigenvalue weighted by Gasteiger charge is -2.18. The van der Waals surface area contributed by atoms with Gasteiger partial charge in [0.25, 0.3) is 0 Å². The number of thiazole rings is 1. The molecule has 30 heavy (non-hydrogen) atoms. The van der Waals surface area contributed by atoms with E-state index < -0.39 is 0 Å². The van der Waals surface area contributed by atoms with E-state index in [-0.39, 0.29) is 5.91 Å². The van der Waals surface area contributed by atoms with Crippen LogP contribution in [0.3, 0.4) is 0 Å². The van der Waals surface area contributed by atoms with Gasteiger partial charge in [-0.05, 0) is 35.6 Å². The summed E-state index contributed by atoms with van der Waals surface area (Å²) in [6.07, 6.45) is 0.967. The molecule has 4 rings (SSSR count). The Morgan fingerprint density at radius 2 is 1.97 bits per heavy atom. The molecule has 3 heterocycles. The van der Waals surface area contributed by atoms with Crippen molar-refractivity contribution in [2.75, 3.05) is 4.90 Å². The van der Waals surface area contributed by atoms with Crippen molar-refractivity contribution in [2.24, 2.45) is 7.05 Å². The second-order valence-corrected chi connectivity index (χ2v) is 9.35. The summed E-state index contributed by atoms with van der Waals surface area (Å²) in [7, 11) is 1.97. The fourth-order valence-corrected chi connectivity index (χ4v) is 5.51. The van der Waals surface area contributed by atoms with Gasteiger partial charge in [0.05, 0.1) is 16.3 Å². The van der Waals surface area contributed by atoms with Gasteiger partial charge in [-0.15, -0.1) is 32.9 Å². The van der Waals surface area contributed by atoms with Crippen LogP contribution in [-0.4, -0.2) is 25.7 Å². The largest absolute Gasteiger partial charge is 0.304 e. The second kappa shape index (κ2) is 9.11. The van der Waals surface area contributed by atoms with Crippen LogP contribution in [0, 0.1) is 0 Å². The van der Waals surface area contributed by atoms with Gasteiger partial charge in [0.15, 0.2) is 16.1 Å². The highest BCUT2D eigenvalue weighted by Gasteiger charge is 2.19. The quantitative estimate of drug-likeness (QED) is 0.342. The van der Waals surface area contributed by atoms with E-state index in [1.54, 1.807) is 34.9 Å². The molecule has 0 N–H and O–H groups in total. The molecule has 0 bridgehead atoms. The van der Waals surface area contributed by atoms with Gasteiger partial charge < -0.3 is 4.57 Å². The number of rotatable bonds is 7. The zero-order valence-corrected chi connectivity index (χ0v) is 19.4. The van der Waals surface area contributed by atoms with E-state index in [4.69, 9.17) is 4.98 Å². The Morgan fingerprint density at radius 3 is 2.63 bits per heavy atom. The first-order chi connectivity index (χ1) is 14.6. The van der Waals surface area contributed by atoms with Gasteiger partial charge in [0.1, 0.15) is 0 Å². The maximum absolute atomic E-state index is 12.3. The number of aromatic nitrogens is 4. The van der Waals surface area contributed by atoms with Crippen molar-refractivity contribution >= 4 is 51.2 Å². The first-order valence-electron chi connectivity index (χ1n) is 9.47. The Bertz CT molecular complexity index is 1130. The standard InChI is InChI=1S/C21H21N5OS3/c1-4-15-7-9-17(10-8-15)26(14(2)27)20-22-16(12-29-20)13-30-21-24-23-19(25(21)3)18-6-5-11-28-18/h5-12H,4,13H2,1-3H3. The smallest absolute Gasteiger partial charge is 0.230 e. The fourth-order valence-electron chi connectivity index (χ4n) is 2.97. The van der Waals surface area contributed by atoms with Gasteiger partial charge in [-0.2, -0.15) is 0 Å². The van der Waals surface area contributed by atoms with Crippen molar-refractivity contribution < 1.29 is 4.79 Å². The summed E-state index contributed by atoms with van der Waals surface area (Å²) in [4.78, 5) is 19.8. The van der Waals surface area contributed by atoms with E-state index in [2.05, 4.69) is 29.3 Å². The van der Waals surface area contributed by atoms with E-state index in [9.17, 15) is 4.79 Å². The second-order valence-electron chi connectivity index (χ2n) is 6.63. The Balaban J connectivity index is 1.48. The molecule has 154 valence electrons. The summed E-state index contributed by atoms with van der Waals surface area (Å²) >= 11 is 4.71. The van der Waals surface area contributed by atoms with Crippen molar-refractivity contribution in [3.8, 4) is 10.7 Å². The summed E-state index contributed by atoms with van der Waals surface area (Å²) in [6, 6.07) is 12.1. The molecule has 0 aliphatic rings. The van der Waals surface area contributed by atoms with Gasteiger partial charge in [-0.25, -0.2) is 4.98 Å². The highest BCUT2D eigenvalue weighted by Crippen LogP contribution is 2.32. The van der Waals surface area contributed by atoms with Gasteiger partial charge in [0.2, 0.25) is 5.91 Å². The number of thioether (sulfide) groups is 1. The van der Waals surface area contributed by atoms with Crippen molar-refractivity contribution in [1.82, 2.24) is 19.7 Å². The molecule has 9 heteroatoms. The zero-order chi connectivity index (χ0) is 21.1. The van der Waals surface area contributed by atoms with Crippen LogP contribution in [0.25, 0.3) is 10.7 Å². The van der Waals surface area contributed by atoms with Crippen LogP contribution in [0.4, 0.5) is 10.8 Å². The molecule has 1 amide bonds. The van der Waals surface area contributed by atoms with Crippen molar-refractivity contribution in [3.05, 3.63) is 58.4 Å². The van der Waals surface area contributed by atoms with Crippen molar-refractivity contribution in [1.29, 1.82) is 0 Å². The number of carbonyl (C=O) groups excluding carboxylic acids is 1. The van der Waals surface area contributed by atoms with Crippen LogP contribution in [0.2, 0.25) is 0 Å². The number of nitrogens with zero attached hydrogens (tertiary/aromatic N) is 5.